The SMILES string of the molecule is COC(=O)c1cc(/C=C/C(C)O)oc1C. The fraction of sp³-hybridized carbons (Fsp3) is 0.364. The molecule has 0 radical (unpaired) electrons. The van der Waals surface area contributed by atoms with Gasteiger partial charge in [0.15, 0.2) is 0 Å². The summed E-state index contributed by atoms with van der Waals surface area (Å²) in [6.45, 7) is 3.32. The lowest BCUT2D eigenvalue weighted by Gasteiger charge is -1.93. The molecular formula is C11H14O4. The van der Waals surface area contributed by atoms with Gasteiger partial charge >= 0.3 is 5.97 Å². The summed E-state index contributed by atoms with van der Waals surface area (Å²) in [6.07, 6.45) is 2.64. The monoisotopic (exact) mass is 210 g/mol. The van der Waals surface area contributed by atoms with Gasteiger partial charge in [0, 0.05) is 0 Å². The number of hydrogen-bond donors (Lipinski definition) is 1. The van der Waals surface area contributed by atoms with Crippen LogP contribution in [0.3, 0.4) is 0 Å². The molecule has 1 aromatic heterocycles. The Balaban J connectivity index is 2.91. The predicted molar refractivity (Wildman–Crippen MR) is 55.5 cm³/mol. The van der Waals surface area contributed by atoms with Crippen LogP contribution in [0.4, 0.5) is 0 Å². The number of esters is 1. The van der Waals surface area contributed by atoms with Crippen molar-refractivity contribution in [2.75, 3.05) is 7.11 Å². The van der Waals surface area contributed by atoms with Crippen LogP contribution in [0.15, 0.2) is 16.6 Å². The van der Waals surface area contributed by atoms with E-state index in [1.54, 1.807) is 32.1 Å². The van der Waals surface area contributed by atoms with Gasteiger partial charge < -0.3 is 14.3 Å². The molecule has 0 bridgehead atoms. The number of rotatable bonds is 3. The highest BCUT2D eigenvalue weighted by atomic mass is 16.5. The van der Waals surface area contributed by atoms with E-state index < -0.39 is 12.1 Å². The van der Waals surface area contributed by atoms with Crippen molar-refractivity contribution in [3.63, 3.8) is 0 Å². The third kappa shape index (κ3) is 2.95. The van der Waals surface area contributed by atoms with E-state index in [1.807, 2.05) is 0 Å². The average Bonchev–Trinajstić information content (AvgIpc) is 2.55. The molecule has 1 atom stereocenters. The first kappa shape index (κ1) is 11.5. The van der Waals surface area contributed by atoms with Gasteiger partial charge in [-0.15, -0.1) is 0 Å². The highest BCUT2D eigenvalue weighted by Crippen LogP contribution is 2.16. The molecule has 0 saturated carbocycles. The quantitative estimate of drug-likeness (QED) is 0.772. The number of furan rings is 1. The molecule has 0 saturated heterocycles. The van der Waals surface area contributed by atoms with E-state index in [4.69, 9.17) is 9.52 Å². The zero-order valence-electron chi connectivity index (χ0n) is 8.98. The number of aryl methyl sites for hydroxylation is 1. The average molecular weight is 210 g/mol. The van der Waals surface area contributed by atoms with Gasteiger partial charge in [-0.05, 0) is 26.0 Å². The van der Waals surface area contributed by atoms with Gasteiger partial charge in [-0.25, -0.2) is 4.79 Å². The molecule has 4 heteroatoms. The van der Waals surface area contributed by atoms with Crippen molar-refractivity contribution in [3.8, 4) is 0 Å². The van der Waals surface area contributed by atoms with Crippen molar-refractivity contribution in [3.05, 3.63) is 29.2 Å². The number of methoxy groups -OCH3 is 1. The van der Waals surface area contributed by atoms with Crippen LogP contribution < -0.4 is 0 Å². The van der Waals surface area contributed by atoms with Gasteiger partial charge in [-0.1, -0.05) is 6.08 Å². The Kier molecular flexibility index (Phi) is 3.68. The van der Waals surface area contributed by atoms with Crippen LogP contribution in [-0.4, -0.2) is 24.3 Å². The summed E-state index contributed by atoms with van der Waals surface area (Å²) in [7, 11) is 1.32. The third-order valence-electron chi connectivity index (χ3n) is 1.88. The van der Waals surface area contributed by atoms with Crippen molar-refractivity contribution < 1.29 is 19.1 Å². The largest absolute Gasteiger partial charge is 0.465 e. The Bertz CT molecular complexity index is 374. The van der Waals surface area contributed by atoms with Gasteiger partial charge in [-0.3, -0.25) is 0 Å². The first-order valence-corrected chi connectivity index (χ1v) is 4.59. The van der Waals surface area contributed by atoms with Crippen molar-refractivity contribution in [1.29, 1.82) is 0 Å². The Labute approximate surface area is 88.2 Å². The van der Waals surface area contributed by atoms with E-state index in [2.05, 4.69) is 4.74 Å². The summed E-state index contributed by atoms with van der Waals surface area (Å²) in [5, 5.41) is 9.03. The minimum absolute atomic E-state index is 0.405. The van der Waals surface area contributed by atoms with E-state index in [0.717, 1.165) is 0 Å². The Morgan fingerprint density at radius 2 is 2.33 bits per heavy atom. The molecule has 0 aromatic carbocycles. The normalized spacial score (nSPS) is 13.1. The molecule has 82 valence electrons. The minimum Gasteiger partial charge on any atom is -0.465 e. The summed E-state index contributed by atoms with van der Waals surface area (Å²) >= 11 is 0. The first-order valence-electron chi connectivity index (χ1n) is 4.59. The number of carbonyl (C=O) groups excluding carboxylic acids is 1. The number of carbonyl (C=O) groups is 1. The van der Waals surface area contributed by atoms with Crippen LogP contribution in [0.1, 0.15) is 28.8 Å². The second kappa shape index (κ2) is 4.79. The van der Waals surface area contributed by atoms with Crippen molar-refractivity contribution in [2.24, 2.45) is 0 Å². The van der Waals surface area contributed by atoms with Gasteiger partial charge in [0.1, 0.15) is 17.1 Å². The molecule has 0 amide bonds. The van der Waals surface area contributed by atoms with Crippen LogP contribution in [-0.2, 0) is 4.74 Å². The molecule has 1 aromatic rings. The van der Waals surface area contributed by atoms with Crippen LogP contribution in [0.5, 0.6) is 0 Å². The zero-order valence-corrected chi connectivity index (χ0v) is 8.98. The van der Waals surface area contributed by atoms with E-state index in [0.29, 0.717) is 17.1 Å². The van der Waals surface area contributed by atoms with Gasteiger partial charge in [-0.2, -0.15) is 0 Å². The topological polar surface area (TPSA) is 59.7 Å². The Morgan fingerprint density at radius 1 is 1.67 bits per heavy atom. The smallest absolute Gasteiger partial charge is 0.341 e. The van der Waals surface area contributed by atoms with Crippen molar-refractivity contribution in [2.45, 2.75) is 20.0 Å². The molecule has 0 spiro atoms. The maximum absolute atomic E-state index is 11.2. The summed E-state index contributed by atoms with van der Waals surface area (Å²) < 4.78 is 9.87. The molecule has 1 rings (SSSR count). The molecule has 1 N–H and O–H groups in total. The molecule has 1 heterocycles. The Hall–Kier alpha value is -1.55. The molecule has 0 fully saturated rings. The number of hydrogen-bond acceptors (Lipinski definition) is 4. The summed E-state index contributed by atoms with van der Waals surface area (Å²) in [5.74, 6) is 0.605. The second-order valence-electron chi connectivity index (χ2n) is 3.21. The number of aliphatic hydroxyl groups excluding tert-OH is 1. The number of ether oxygens (including phenoxy) is 1. The maximum Gasteiger partial charge on any atom is 0.341 e. The fourth-order valence-electron chi connectivity index (χ4n) is 1.13. The third-order valence-corrected chi connectivity index (χ3v) is 1.88. The van der Waals surface area contributed by atoms with Crippen molar-refractivity contribution in [1.82, 2.24) is 0 Å². The molecule has 0 aliphatic heterocycles. The molecule has 0 aliphatic carbocycles. The van der Waals surface area contributed by atoms with E-state index in [-0.39, 0.29) is 0 Å². The second-order valence-corrected chi connectivity index (χ2v) is 3.21. The summed E-state index contributed by atoms with van der Waals surface area (Å²) in [4.78, 5) is 11.2. The van der Waals surface area contributed by atoms with Gasteiger partial charge in [0.2, 0.25) is 0 Å². The lowest BCUT2D eigenvalue weighted by atomic mass is 10.2. The minimum atomic E-state index is -0.544. The molecule has 0 aliphatic rings. The zero-order chi connectivity index (χ0) is 11.4. The van der Waals surface area contributed by atoms with E-state index in [1.165, 1.54) is 7.11 Å². The van der Waals surface area contributed by atoms with Crippen LogP contribution in [0, 0.1) is 6.92 Å². The lowest BCUT2D eigenvalue weighted by Crippen LogP contribution is -2.00. The fourth-order valence-corrected chi connectivity index (χ4v) is 1.13. The maximum atomic E-state index is 11.2. The van der Waals surface area contributed by atoms with Crippen LogP contribution >= 0.6 is 0 Å². The summed E-state index contributed by atoms with van der Waals surface area (Å²) in [5.41, 5.74) is 0.405. The predicted octanol–water partition coefficient (Wildman–Crippen LogP) is 1.77. The van der Waals surface area contributed by atoms with Crippen LogP contribution in [0.25, 0.3) is 6.08 Å². The first-order chi connectivity index (χ1) is 7.04. The number of aliphatic hydroxyl groups is 1. The standard InChI is InChI=1S/C11H14O4/c1-7(12)4-5-9-6-10(8(2)15-9)11(13)14-3/h4-7,12H,1-3H3/b5-4+. The van der Waals surface area contributed by atoms with E-state index >= 15 is 0 Å². The Morgan fingerprint density at radius 3 is 2.87 bits per heavy atom. The lowest BCUT2D eigenvalue weighted by molar-refractivity contribution is 0.0599. The van der Waals surface area contributed by atoms with E-state index in [9.17, 15) is 4.79 Å². The molecule has 4 nitrogen and oxygen atoms in total. The van der Waals surface area contributed by atoms with Crippen LogP contribution in [0.2, 0.25) is 0 Å². The van der Waals surface area contributed by atoms with Gasteiger partial charge in [0.05, 0.1) is 13.2 Å². The van der Waals surface area contributed by atoms with Gasteiger partial charge in [0.25, 0.3) is 0 Å². The molecule has 15 heavy (non-hydrogen) atoms. The molecular weight excluding hydrogens is 196 g/mol. The highest BCUT2D eigenvalue weighted by Gasteiger charge is 2.13. The summed E-state index contributed by atoms with van der Waals surface area (Å²) in [6, 6.07) is 1.58. The molecule has 1 unspecified atom stereocenters. The highest BCUT2D eigenvalue weighted by molar-refractivity contribution is 5.90. The van der Waals surface area contributed by atoms with Crippen molar-refractivity contribution >= 4 is 12.0 Å².